The van der Waals surface area contributed by atoms with Crippen LogP contribution in [-0.2, 0) is 11.3 Å². The van der Waals surface area contributed by atoms with Gasteiger partial charge in [-0.2, -0.15) is 4.98 Å². The molecule has 1 heterocycles. The van der Waals surface area contributed by atoms with E-state index >= 15 is 0 Å². The van der Waals surface area contributed by atoms with Crippen molar-refractivity contribution in [2.75, 3.05) is 0 Å². The molecule has 1 atom stereocenters. The smallest absolute Gasteiger partial charge is 0.261 e. The number of nitrogens with one attached hydrogen (secondary N) is 1. The van der Waals surface area contributed by atoms with Gasteiger partial charge >= 0.3 is 0 Å². The van der Waals surface area contributed by atoms with Gasteiger partial charge in [0.15, 0.2) is 6.10 Å². The van der Waals surface area contributed by atoms with Crippen molar-refractivity contribution in [3.8, 4) is 17.1 Å². The maximum atomic E-state index is 12.5. The van der Waals surface area contributed by atoms with Crippen LogP contribution < -0.4 is 10.1 Å². The van der Waals surface area contributed by atoms with Crippen LogP contribution in [0.1, 0.15) is 30.4 Å². The Balaban J connectivity index is 1.59. The first-order valence-corrected chi connectivity index (χ1v) is 8.96. The highest BCUT2D eigenvalue weighted by Gasteiger charge is 2.19. The van der Waals surface area contributed by atoms with E-state index in [-0.39, 0.29) is 12.5 Å². The average molecular weight is 365 g/mol. The molecule has 0 saturated heterocycles. The van der Waals surface area contributed by atoms with E-state index in [1.54, 1.807) is 0 Å². The molecular weight excluding hydrogens is 342 g/mol. The van der Waals surface area contributed by atoms with E-state index in [4.69, 9.17) is 9.26 Å². The van der Waals surface area contributed by atoms with Crippen LogP contribution in [0.15, 0.2) is 53.1 Å². The van der Waals surface area contributed by atoms with E-state index in [0.717, 1.165) is 11.1 Å². The second kappa shape index (κ2) is 8.49. The van der Waals surface area contributed by atoms with Crippen LogP contribution in [0, 0.1) is 13.8 Å². The summed E-state index contributed by atoms with van der Waals surface area (Å²) in [5.41, 5.74) is 3.18. The molecule has 140 valence electrons. The Kier molecular flexibility index (Phi) is 5.86. The first-order chi connectivity index (χ1) is 13.1. The molecule has 27 heavy (non-hydrogen) atoms. The second-order valence-corrected chi connectivity index (χ2v) is 6.36. The Bertz CT molecular complexity index is 906. The number of benzene rings is 2. The highest BCUT2D eigenvalue weighted by molar-refractivity contribution is 5.81. The SMILES string of the molecule is CCC(Oc1ccc(C)c(C)c1)C(=O)NCc1nc(-c2ccccc2)no1. The van der Waals surface area contributed by atoms with E-state index in [1.807, 2.05) is 69.3 Å². The van der Waals surface area contributed by atoms with Gasteiger partial charge in [0.1, 0.15) is 5.75 Å². The lowest BCUT2D eigenvalue weighted by Crippen LogP contribution is -2.37. The normalized spacial score (nSPS) is 11.8. The molecule has 0 saturated carbocycles. The third-order valence-corrected chi connectivity index (χ3v) is 4.33. The number of hydrogen-bond acceptors (Lipinski definition) is 5. The fourth-order valence-corrected chi connectivity index (χ4v) is 2.58. The monoisotopic (exact) mass is 365 g/mol. The quantitative estimate of drug-likeness (QED) is 0.688. The zero-order chi connectivity index (χ0) is 19.2. The number of rotatable bonds is 7. The van der Waals surface area contributed by atoms with Gasteiger partial charge in [0.05, 0.1) is 6.54 Å². The van der Waals surface area contributed by atoms with Crippen molar-refractivity contribution in [1.29, 1.82) is 0 Å². The number of aromatic nitrogens is 2. The van der Waals surface area contributed by atoms with Crippen LogP contribution in [0.3, 0.4) is 0 Å². The maximum absolute atomic E-state index is 12.5. The highest BCUT2D eigenvalue weighted by atomic mass is 16.5. The summed E-state index contributed by atoms with van der Waals surface area (Å²) in [7, 11) is 0. The lowest BCUT2D eigenvalue weighted by atomic mass is 10.1. The van der Waals surface area contributed by atoms with Crippen molar-refractivity contribution >= 4 is 5.91 Å². The number of carbonyl (C=O) groups is 1. The molecule has 0 bridgehead atoms. The van der Waals surface area contributed by atoms with Crippen molar-refractivity contribution in [1.82, 2.24) is 15.5 Å². The number of carbonyl (C=O) groups excluding carboxylic acids is 1. The van der Waals surface area contributed by atoms with Gasteiger partial charge in [0.25, 0.3) is 5.91 Å². The standard InChI is InChI=1S/C21H23N3O3/c1-4-18(26-17-11-10-14(2)15(3)12-17)21(25)22-13-19-23-20(24-27-19)16-8-6-5-7-9-16/h5-12,18H,4,13H2,1-3H3,(H,22,25). The molecule has 1 amide bonds. The molecule has 1 N–H and O–H groups in total. The first kappa shape index (κ1) is 18.6. The summed E-state index contributed by atoms with van der Waals surface area (Å²) in [6.07, 6.45) is -0.0266. The van der Waals surface area contributed by atoms with Crippen LogP contribution in [0.2, 0.25) is 0 Å². The number of amides is 1. The van der Waals surface area contributed by atoms with Crippen molar-refractivity contribution in [3.05, 3.63) is 65.5 Å². The van der Waals surface area contributed by atoms with Gasteiger partial charge < -0.3 is 14.6 Å². The van der Waals surface area contributed by atoms with Gasteiger partial charge in [-0.3, -0.25) is 4.79 Å². The van der Waals surface area contributed by atoms with Gasteiger partial charge in [0.2, 0.25) is 11.7 Å². The lowest BCUT2D eigenvalue weighted by Gasteiger charge is -2.17. The summed E-state index contributed by atoms with van der Waals surface area (Å²) in [6, 6.07) is 15.3. The van der Waals surface area contributed by atoms with Gasteiger partial charge in [-0.15, -0.1) is 0 Å². The molecule has 0 aliphatic rings. The molecule has 1 aromatic heterocycles. The summed E-state index contributed by atoms with van der Waals surface area (Å²) in [5.74, 6) is 1.32. The predicted molar refractivity (Wildman–Crippen MR) is 102 cm³/mol. The third kappa shape index (κ3) is 4.73. The fourth-order valence-electron chi connectivity index (χ4n) is 2.58. The van der Waals surface area contributed by atoms with Crippen molar-refractivity contribution < 1.29 is 14.1 Å². The van der Waals surface area contributed by atoms with E-state index in [9.17, 15) is 4.79 Å². The molecule has 6 heteroatoms. The predicted octanol–water partition coefficient (Wildman–Crippen LogP) is 3.83. The van der Waals surface area contributed by atoms with E-state index in [2.05, 4.69) is 15.5 Å². The average Bonchev–Trinajstić information content (AvgIpc) is 3.16. The first-order valence-electron chi connectivity index (χ1n) is 8.96. The fraction of sp³-hybridized carbons (Fsp3) is 0.286. The molecule has 0 radical (unpaired) electrons. The van der Waals surface area contributed by atoms with Crippen LogP contribution >= 0.6 is 0 Å². The Morgan fingerprint density at radius 3 is 2.63 bits per heavy atom. The summed E-state index contributed by atoms with van der Waals surface area (Å²) in [5, 5.41) is 6.75. The maximum Gasteiger partial charge on any atom is 0.261 e. The molecule has 0 aliphatic heterocycles. The number of aryl methyl sites for hydroxylation is 2. The largest absolute Gasteiger partial charge is 0.481 e. The van der Waals surface area contributed by atoms with E-state index < -0.39 is 6.10 Å². The summed E-state index contributed by atoms with van der Waals surface area (Å²) >= 11 is 0. The molecular formula is C21H23N3O3. The van der Waals surface area contributed by atoms with Crippen LogP contribution in [0.25, 0.3) is 11.4 Å². The van der Waals surface area contributed by atoms with Gasteiger partial charge in [-0.05, 0) is 43.5 Å². The summed E-state index contributed by atoms with van der Waals surface area (Å²) in [4.78, 5) is 16.8. The molecule has 0 aliphatic carbocycles. The van der Waals surface area contributed by atoms with Gasteiger partial charge in [-0.25, -0.2) is 0 Å². The van der Waals surface area contributed by atoms with Crippen LogP contribution in [0.4, 0.5) is 0 Å². The third-order valence-electron chi connectivity index (χ3n) is 4.33. The van der Waals surface area contributed by atoms with Gasteiger partial charge in [-0.1, -0.05) is 48.5 Å². The molecule has 2 aromatic carbocycles. The van der Waals surface area contributed by atoms with Crippen molar-refractivity contribution in [2.45, 2.75) is 39.8 Å². The van der Waals surface area contributed by atoms with Crippen molar-refractivity contribution in [3.63, 3.8) is 0 Å². The molecule has 3 aromatic rings. The molecule has 1 unspecified atom stereocenters. The molecule has 3 rings (SSSR count). The second-order valence-electron chi connectivity index (χ2n) is 6.36. The molecule has 0 spiro atoms. The number of hydrogen-bond donors (Lipinski definition) is 1. The molecule has 0 fully saturated rings. The zero-order valence-corrected chi connectivity index (χ0v) is 15.7. The minimum absolute atomic E-state index is 0.158. The number of nitrogens with zero attached hydrogens (tertiary/aromatic N) is 2. The zero-order valence-electron chi connectivity index (χ0n) is 15.7. The Morgan fingerprint density at radius 1 is 1.15 bits per heavy atom. The van der Waals surface area contributed by atoms with Crippen molar-refractivity contribution in [2.24, 2.45) is 0 Å². The highest BCUT2D eigenvalue weighted by Crippen LogP contribution is 2.19. The van der Waals surface area contributed by atoms with E-state index in [1.165, 1.54) is 5.56 Å². The van der Waals surface area contributed by atoms with Crippen LogP contribution in [0.5, 0.6) is 5.75 Å². The number of ether oxygens (including phenoxy) is 1. The topological polar surface area (TPSA) is 77.2 Å². The summed E-state index contributed by atoms with van der Waals surface area (Å²) in [6.45, 7) is 6.12. The lowest BCUT2D eigenvalue weighted by molar-refractivity contribution is -0.128. The Hall–Kier alpha value is -3.15. The molecule has 6 nitrogen and oxygen atoms in total. The van der Waals surface area contributed by atoms with E-state index in [0.29, 0.717) is 23.9 Å². The van der Waals surface area contributed by atoms with Gasteiger partial charge in [0, 0.05) is 5.56 Å². The van der Waals surface area contributed by atoms with Crippen LogP contribution in [-0.4, -0.2) is 22.2 Å². The Morgan fingerprint density at radius 2 is 1.93 bits per heavy atom. The minimum atomic E-state index is -0.580. The minimum Gasteiger partial charge on any atom is -0.481 e. The summed E-state index contributed by atoms with van der Waals surface area (Å²) < 4.78 is 11.1. The Labute approximate surface area is 158 Å².